The third-order valence-corrected chi connectivity index (χ3v) is 3.23. The van der Waals surface area contributed by atoms with Crippen molar-refractivity contribution < 1.29 is 23.0 Å². The van der Waals surface area contributed by atoms with Crippen LogP contribution < -0.4 is 9.47 Å². The fourth-order valence-corrected chi connectivity index (χ4v) is 1.56. The maximum Gasteiger partial charge on any atom is 0.387 e. The van der Waals surface area contributed by atoms with E-state index in [0.717, 1.165) is 0 Å². The monoisotopic (exact) mass is 308 g/mol. The molecule has 0 aromatic heterocycles. The van der Waals surface area contributed by atoms with Crippen LogP contribution in [0.4, 0.5) is 8.78 Å². The SMILES string of the molecule is COc1ccc(C(Br)C(C)=O)cc1OC(F)F. The molecule has 0 amide bonds. The summed E-state index contributed by atoms with van der Waals surface area (Å²) in [5, 5.41) is 0. The number of carbonyl (C=O) groups excluding carboxylic acids is 1. The van der Waals surface area contributed by atoms with Gasteiger partial charge in [0.25, 0.3) is 0 Å². The first kappa shape index (κ1) is 13.9. The van der Waals surface area contributed by atoms with Crippen LogP contribution in [-0.2, 0) is 4.79 Å². The molecule has 0 saturated carbocycles. The zero-order valence-electron chi connectivity index (χ0n) is 9.25. The topological polar surface area (TPSA) is 35.5 Å². The van der Waals surface area contributed by atoms with Gasteiger partial charge in [0.15, 0.2) is 11.5 Å². The summed E-state index contributed by atoms with van der Waals surface area (Å²) in [6, 6.07) is 4.44. The maximum atomic E-state index is 12.2. The number of rotatable bonds is 5. The Balaban J connectivity index is 3.08. The van der Waals surface area contributed by atoms with Gasteiger partial charge in [0.2, 0.25) is 0 Å². The van der Waals surface area contributed by atoms with Gasteiger partial charge in [-0.25, -0.2) is 0 Å². The van der Waals surface area contributed by atoms with Crippen molar-refractivity contribution in [2.24, 2.45) is 0 Å². The molecule has 0 aliphatic carbocycles. The minimum Gasteiger partial charge on any atom is -0.493 e. The molecule has 0 saturated heterocycles. The molecular formula is C11H11BrF2O3. The number of alkyl halides is 3. The van der Waals surface area contributed by atoms with Crippen molar-refractivity contribution in [3.05, 3.63) is 23.8 Å². The van der Waals surface area contributed by atoms with Gasteiger partial charge < -0.3 is 9.47 Å². The molecule has 0 bridgehead atoms. The first-order chi connectivity index (χ1) is 7.95. The van der Waals surface area contributed by atoms with Crippen LogP contribution in [0.25, 0.3) is 0 Å². The molecule has 1 aromatic carbocycles. The van der Waals surface area contributed by atoms with E-state index in [1.165, 1.54) is 26.2 Å². The molecule has 1 atom stereocenters. The van der Waals surface area contributed by atoms with Crippen molar-refractivity contribution in [2.75, 3.05) is 7.11 Å². The van der Waals surface area contributed by atoms with E-state index in [2.05, 4.69) is 20.7 Å². The summed E-state index contributed by atoms with van der Waals surface area (Å²) in [6.45, 7) is -1.54. The smallest absolute Gasteiger partial charge is 0.387 e. The standard InChI is InChI=1S/C11H11BrF2O3/c1-6(15)10(12)7-3-4-8(16-2)9(5-7)17-11(13)14/h3-5,10-11H,1-2H3. The second kappa shape index (κ2) is 5.95. The molecule has 1 aromatic rings. The molecule has 0 aliphatic rings. The lowest BCUT2D eigenvalue weighted by Crippen LogP contribution is -2.06. The summed E-state index contributed by atoms with van der Waals surface area (Å²) in [5.74, 6) is -0.0267. The Kier molecular flexibility index (Phi) is 4.86. The Labute approximate surface area is 106 Å². The number of Topliss-reactive ketones (excluding diaryl/α,β-unsaturated/α-hetero) is 1. The van der Waals surface area contributed by atoms with Crippen LogP contribution in [0.2, 0.25) is 0 Å². The van der Waals surface area contributed by atoms with Gasteiger partial charge in [0.1, 0.15) is 5.78 Å². The fraction of sp³-hybridized carbons (Fsp3) is 0.364. The van der Waals surface area contributed by atoms with Gasteiger partial charge in [-0.3, -0.25) is 4.79 Å². The van der Waals surface area contributed by atoms with Crippen LogP contribution in [0, 0.1) is 0 Å². The van der Waals surface area contributed by atoms with Crippen LogP contribution >= 0.6 is 15.9 Å². The lowest BCUT2D eigenvalue weighted by molar-refractivity contribution is -0.116. The number of hydrogen-bond donors (Lipinski definition) is 0. The summed E-state index contributed by atoms with van der Waals surface area (Å²) >= 11 is 3.16. The largest absolute Gasteiger partial charge is 0.493 e. The molecule has 6 heteroatoms. The molecule has 0 spiro atoms. The first-order valence-corrected chi connectivity index (χ1v) is 5.64. The summed E-state index contributed by atoms with van der Waals surface area (Å²) < 4.78 is 33.5. The van der Waals surface area contributed by atoms with Crippen molar-refractivity contribution in [1.29, 1.82) is 0 Å². The average molecular weight is 309 g/mol. The summed E-state index contributed by atoms with van der Waals surface area (Å²) in [6.07, 6.45) is 0. The fourth-order valence-electron chi connectivity index (χ4n) is 1.27. The third-order valence-electron chi connectivity index (χ3n) is 2.05. The molecule has 0 radical (unpaired) electrons. The van der Waals surface area contributed by atoms with Gasteiger partial charge >= 0.3 is 6.61 Å². The Hall–Kier alpha value is -1.17. The highest BCUT2D eigenvalue weighted by molar-refractivity contribution is 9.09. The molecule has 0 N–H and O–H groups in total. The van der Waals surface area contributed by atoms with Crippen molar-refractivity contribution in [3.8, 4) is 11.5 Å². The van der Waals surface area contributed by atoms with Crippen LogP contribution in [0.1, 0.15) is 17.3 Å². The Bertz CT molecular complexity index is 410. The molecule has 1 rings (SSSR count). The van der Waals surface area contributed by atoms with E-state index in [4.69, 9.17) is 4.74 Å². The van der Waals surface area contributed by atoms with Crippen molar-refractivity contribution in [2.45, 2.75) is 18.4 Å². The molecule has 0 fully saturated rings. The maximum absolute atomic E-state index is 12.2. The van der Waals surface area contributed by atoms with Gasteiger partial charge in [0.05, 0.1) is 11.9 Å². The number of ketones is 1. The predicted octanol–water partition coefficient (Wildman–Crippen LogP) is 3.32. The van der Waals surface area contributed by atoms with E-state index in [9.17, 15) is 13.6 Å². The summed E-state index contributed by atoms with van der Waals surface area (Å²) in [4.78, 5) is 10.6. The highest BCUT2D eigenvalue weighted by Crippen LogP contribution is 2.34. The Morgan fingerprint density at radius 3 is 2.47 bits per heavy atom. The first-order valence-electron chi connectivity index (χ1n) is 4.73. The molecule has 0 aliphatic heterocycles. The molecule has 0 heterocycles. The van der Waals surface area contributed by atoms with Gasteiger partial charge in [-0.2, -0.15) is 8.78 Å². The van der Waals surface area contributed by atoms with Gasteiger partial charge in [-0.1, -0.05) is 22.0 Å². The van der Waals surface area contributed by atoms with Crippen molar-refractivity contribution >= 4 is 21.7 Å². The van der Waals surface area contributed by atoms with Crippen LogP contribution in [-0.4, -0.2) is 19.5 Å². The van der Waals surface area contributed by atoms with E-state index in [0.29, 0.717) is 5.56 Å². The van der Waals surface area contributed by atoms with E-state index in [-0.39, 0.29) is 17.3 Å². The highest BCUT2D eigenvalue weighted by Gasteiger charge is 2.17. The second-order valence-corrected chi connectivity index (χ2v) is 4.18. The van der Waals surface area contributed by atoms with Crippen molar-refractivity contribution in [1.82, 2.24) is 0 Å². The third kappa shape index (κ3) is 3.66. The zero-order chi connectivity index (χ0) is 13.0. The minimum absolute atomic E-state index is 0.0919. The Morgan fingerprint density at radius 1 is 1.35 bits per heavy atom. The molecule has 17 heavy (non-hydrogen) atoms. The molecular weight excluding hydrogens is 298 g/mol. The van der Waals surface area contributed by atoms with Crippen LogP contribution in [0.3, 0.4) is 0 Å². The molecule has 1 unspecified atom stereocenters. The highest BCUT2D eigenvalue weighted by atomic mass is 79.9. The summed E-state index contributed by atoms with van der Waals surface area (Å²) in [5.41, 5.74) is 0.536. The lowest BCUT2D eigenvalue weighted by Gasteiger charge is -2.13. The number of halogens is 3. The quantitative estimate of drug-likeness (QED) is 0.783. The Morgan fingerprint density at radius 2 is 2.00 bits per heavy atom. The van der Waals surface area contributed by atoms with E-state index < -0.39 is 11.4 Å². The van der Waals surface area contributed by atoms with Gasteiger partial charge in [0, 0.05) is 0 Å². The normalized spacial score (nSPS) is 12.4. The predicted molar refractivity (Wildman–Crippen MR) is 62.0 cm³/mol. The van der Waals surface area contributed by atoms with Gasteiger partial charge in [-0.05, 0) is 24.6 Å². The van der Waals surface area contributed by atoms with Gasteiger partial charge in [-0.15, -0.1) is 0 Å². The van der Waals surface area contributed by atoms with E-state index in [1.807, 2.05) is 0 Å². The van der Waals surface area contributed by atoms with Crippen LogP contribution in [0.15, 0.2) is 18.2 Å². The minimum atomic E-state index is -2.94. The molecule has 94 valence electrons. The van der Waals surface area contributed by atoms with E-state index >= 15 is 0 Å². The number of hydrogen-bond acceptors (Lipinski definition) is 3. The number of benzene rings is 1. The average Bonchev–Trinajstić information content (AvgIpc) is 2.27. The van der Waals surface area contributed by atoms with E-state index in [1.54, 1.807) is 6.07 Å². The van der Waals surface area contributed by atoms with Crippen LogP contribution in [0.5, 0.6) is 11.5 Å². The summed E-state index contributed by atoms with van der Waals surface area (Å²) in [7, 11) is 1.35. The number of methoxy groups -OCH3 is 1. The molecule has 3 nitrogen and oxygen atoms in total. The zero-order valence-corrected chi connectivity index (χ0v) is 10.8. The number of carbonyl (C=O) groups is 1. The second-order valence-electron chi connectivity index (χ2n) is 3.26. The lowest BCUT2D eigenvalue weighted by atomic mass is 10.1. The number of ether oxygens (including phenoxy) is 2. The van der Waals surface area contributed by atoms with Crippen molar-refractivity contribution in [3.63, 3.8) is 0 Å².